The van der Waals surface area contributed by atoms with Gasteiger partial charge in [0.15, 0.2) is 16.6 Å². The van der Waals surface area contributed by atoms with Gasteiger partial charge in [0.2, 0.25) is 15.9 Å². The Labute approximate surface area is 188 Å². The molecule has 1 saturated heterocycles. The number of rotatable bonds is 7. The molecule has 1 unspecified atom stereocenters. The predicted octanol–water partition coefficient (Wildman–Crippen LogP) is 3.68. The van der Waals surface area contributed by atoms with E-state index in [1.807, 2.05) is 22.9 Å². The molecule has 0 radical (unpaired) electrons. The second-order valence-electron chi connectivity index (χ2n) is 6.80. The molecule has 1 aliphatic rings. The van der Waals surface area contributed by atoms with E-state index in [0.717, 1.165) is 10.6 Å². The van der Waals surface area contributed by atoms with Gasteiger partial charge in [-0.15, -0.1) is 22.7 Å². The molecule has 0 saturated carbocycles. The summed E-state index contributed by atoms with van der Waals surface area (Å²) in [4.78, 5) is 18.4. The number of nitrogens with zero attached hydrogens (tertiary/aromatic N) is 2. The van der Waals surface area contributed by atoms with Crippen molar-refractivity contribution < 1.29 is 22.7 Å². The Morgan fingerprint density at radius 2 is 2.00 bits per heavy atom. The average molecular weight is 480 g/mol. The van der Waals surface area contributed by atoms with E-state index in [-0.39, 0.29) is 17.3 Å². The smallest absolute Gasteiger partial charge is 0.244 e. The highest BCUT2D eigenvalue weighted by molar-refractivity contribution is 7.89. The maximum absolute atomic E-state index is 13.3. The van der Waals surface area contributed by atoms with E-state index in [2.05, 4.69) is 10.3 Å². The fourth-order valence-electron chi connectivity index (χ4n) is 3.46. The fourth-order valence-corrected chi connectivity index (χ4v) is 6.61. The van der Waals surface area contributed by atoms with Crippen molar-refractivity contribution in [3.05, 3.63) is 41.1 Å². The minimum absolute atomic E-state index is 0.0547. The van der Waals surface area contributed by atoms with E-state index in [9.17, 15) is 13.2 Å². The molecular formula is C20H21N3O5S3. The van der Waals surface area contributed by atoms with Gasteiger partial charge in [0.1, 0.15) is 6.04 Å². The fraction of sp³-hybridized carbons (Fsp3) is 0.300. The average Bonchev–Trinajstić information content (AvgIpc) is 3.54. The largest absolute Gasteiger partial charge is 0.493 e. The summed E-state index contributed by atoms with van der Waals surface area (Å²) in [6.07, 6.45) is 1.05. The van der Waals surface area contributed by atoms with E-state index in [4.69, 9.17) is 9.47 Å². The van der Waals surface area contributed by atoms with Crippen molar-refractivity contribution in [2.45, 2.75) is 23.8 Å². The van der Waals surface area contributed by atoms with Crippen molar-refractivity contribution in [1.29, 1.82) is 0 Å². The number of amides is 1. The molecule has 164 valence electrons. The molecule has 1 atom stereocenters. The number of ether oxygens (including phenoxy) is 2. The number of thiophene rings is 1. The second-order valence-corrected chi connectivity index (χ2v) is 10.5. The van der Waals surface area contributed by atoms with Gasteiger partial charge >= 0.3 is 0 Å². The quantitative estimate of drug-likeness (QED) is 0.555. The molecule has 1 fully saturated rings. The number of anilines is 1. The molecule has 4 rings (SSSR count). The number of methoxy groups -OCH3 is 2. The van der Waals surface area contributed by atoms with Gasteiger partial charge in [-0.3, -0.25) is 4.79 Å². The number of hydrogen-bond acceptors (Lipinski definition) is 8. The lowest BCUT2D eigenvalue weighted by molar-refractivity contribution is -0.119. The number of carbonyl (C=O) groups excluding carboxylic acids is 1. The molecule has 31 heavy (non-hydrogen) atoms. The van der Waals surface area contributed by atoms with Crippen molar-refractivity contribution >= 4 is 43.7 Å². The topological polar surface area (TPSA) is 97.8 Å². The van der Waals surface area contributed by atoms with Gasteiger partial charge in [0.25, 0.3) is 0 Å². The Kier molecular flexibility index (Phi) is 6.28. The van der Waals surface area contributed by atoms with E-state index in [1.54, 1.807) is 17.4 Å². The molecule has 0 spiro atoms. The Balaban J connectivity index is 1.53. The lowest BCUT2D eigenvalue weighted by Gasteiger charge is -2.23. The molecule has 1 amide bonds. The summed E-state index contributed by atoms with van der Waals surface area (Å²) in [5, 5.41) is 7.06. The van der Waals surface area contributed by atoms with Crippen LogP contribution in [0.5, 0.6) is 11.5 Å². The first kappa shape index (κ1) is 21.8. The normalized spacial score (nSPS) is 16.9. The Hall–Kier alpha value is -2.47. The van der Waals surface area contributed by atoms with Gasteiger partial charge in [0.05, 0.1) is 29.7 Å². The maximum atomic E-state index is 13.3. The molecule has 11 heteroatoms. The lowest BCUT2D eigenvalue weighted by Crippen LogP contribution is -2.43. The third kappa shape index (κ3) is 4.31. The molecule has 2 aromatic heterocycles. The minimum atomic E-state index is -3.89. The van der Waals surface area contributed by atoms with Crippen LogP contribution in [0, 0.1) is 0 Å². The molecular weight excluding hydrogens is 458 g/mol. The molecule has 0 aliphatic carbocycles. The lowest BCUT2D eigenvalue weighted by atomic mass is 10.2. The summed E-state index contributed by atoms with van der Waals surface area (Å²) in [5.41, 5.74) is 0.788. The van der Waals surface area contributed by atoms with Crippen LogP contribution in [0.25, 0.3) is 10.6 Å². The van der Waals surface area contributed by atoms with Crippen LogP contribution in [0.1, 0.15) is 12.8 Å². The number of hydrogen-bond donors (Lipinski definition) is 1. The molecule has 3 aromatic rings. The summed E-state index contributed by atoms with van der Waals surface area (Å²) in [6, 6.07) is 7.51. The van der Waals surface area contributed by atoms with E-state index < -0.39 is 16.1 Å². The Morgan fingerprint density at radius 3 is 2.71 bits per heavy atom. The van der Waals surface area contributed by atoms with Crippen LogP contribution in [0.2, 0.25) is 0 Å². The van der Waals surface area contributed by atoms with Crippen molar-refractivity contribution in [3.63, 3.8) is 0 Å². The van der Waals surface area contributed by atoms with Gasteiger partial charge in [-0.1, -0.05) is 6.07 Å². The van der Waals surface area contributed by atoms with Crippen LogP contribution in [0.15, 0.2) is 46.0 Å². The Bertz CT molecular complexity index is 1170. The van der Waals surface area contributed by atoms with Crippen molar-refractivity contribution in [2.24, 2.45) is 0 Å². The number of sulfonamides is 1. The van der Waals surface area contributed by atoms with E-state index in [0.29, 0.717) is 29.5 Å². The van der Waals surface area contributed by atoms with Crippen LogP contribution >= 0.6 is 22.7 Å². The number of carbonyl (C=O) groups is 1. The molecule has 3 heterocycles. The number of thiazole rings is 1. The zero-order chi connectivity index (χ0) is 22.0. The predicted molar refractivity (Wildman–Crippen MR) is 121 cm³/mol. The van der Waals surface area contributed by atoms with Crippen LogP contribution in [0.4, 0.5) is 5.13 Å². The van der Waals surface area contributed by atoms with Crippen LogP contribution in [-0.4, -0.2) is 50.4 Å². The monoisotopic (exact) mass is 479 g/mol. The molecule has 1 N–H and O–H groups in total. The summed E-state index contributed by atoms with van der Waals surface area (Å²) in [5.74, 6) is 0.365. The highest BCUT2D eigenvalue weighted by atomic mass is 32.2. The van der Waals surface area contributed by atoms with Gasteiger partial charge in [0, 0.05) is 18.0 Å². The van der Waals surface area contributed by atoms with Gasteiger partial charge in [-0.05, 0) is 36.4 Å². The molecule has 8 nitrogen and oxygen atoms in total. The van der Waals surface area contributed by atoms with Crippen molar-refractivity contribution in [2.75, 3.05) is 26.1 Å². The first-order valence-electron chi connectivity index (χ1n) is 9.48. The SMILES string of the molecule is COc1ccc(S(=O)(=O)N2CCCC2C(=O)Nc2nc(-c3cccs3)cs2)cc1OC. The van der Waals surface area contributed by atoms with Crippen LogP contribution < -0.4 is 14.8 Å². The first-order chi connectivity index (χ1) is 14.9. The third-order valence-electron chi connectivity index (χ3n) is 4.98. The van der Waals surface area contributed by atoms with E-state index >= 15 is 0 Å². The van der Waals surface area contributed by atoms with Gasteiger partial charge < -0.3 is 14.8 Å². The maximum Gasteiger partial charge on any atom is 0.244 e. The van der Waals surface area contributed by atoms with E-state index in [1.165, 1.54) is 42.0 Å². The van der Waals surface area contributed by atoms with Crippen LogP contribution in [-0.2, 0) is 14.8 Å². The summed E-state index contributed by atoms with van der Waals surface area (Å²) >= 11 is 2.88. The summed E-state index contributed by atoms with van der Waals surface area (Å²) in [6.45, 7) is 0.271. The van der Waals surface area contributed by atoms with Crippen molar-refractivity contribution in [1.82, 2.24) is 9.29 Å². The number of nitrogens with one attached hydrogen (secondary N) is 1. The van der Waals surface area contributed by atoms with Gasteiger partial charge in [-0.25, -0.2) is 13.4 Å². The molecule has 1 aromatic carbocycles. The third-order valence-corrected chi connectivity index (χ3v) is 8.53. The minimum Gasteiger partial charge on any atom is -0.493 e. The number of aromatic nitrogens is 1. The summed E-state index contributed by atoms with van der Waals surface area (Å²) in [7, 11) is -0.967. The Morgan fingerprint density at radius 1 is 1.19 bits per heavy atom. The zero-order valence-corrected chi connectivity index (χ0v) is 19.4. The first-order valence-corrected chi connectivity index (χ1v) is 12.7. The molecule has 1 aliphatic heterocycles. The highest BCUT2D eigenvalue weighted by Gasteiger charge is 2.40. The number of benzene rings is 1. The standard InChI is InChI=1S/C20H21N3O5S3/c1-27-16-8-7-13(11-17(16)28-2)31(25,26)23-9-3-5-15(23)19(24)22-20-21-14(12-30-20)18-6-4-10-29-18/h4,6-8,10-12,15H,3,5,9H2,1-2H3,(H,21,22,24). The second kappa shape index (κ2) is 8.95. The summed E-state index contributed by atoms with van der Waals surface area (Å²) < 4.78 is 38.2. The van der Waals surface area contributed by atoms with Crippen molar-refractivity contribution in [3.8, 4) is 22.1 Å². The van der Waals surface area contributed by atoms with Crippen LogP contribution in [0.3, 0.4) is 0 Å². The highest BCUT2D eigenvalue weighted by Crippen LogP contribution is 2.34. The zero-order valence-electron chi connectivity index (χ0n) is 16.9. The molecule has 0 bridgehead atoms. The van der Waals surface area contributed by atoms with Gasteiger partial charge in [-0.2, -0.15) is 4.31 Å².